The van der Waals surface area contributed by atoms with Gasteiger partial charge in [-0.15, -0.1) is 20.2 Å². The number of rotatable bonds is 32. The van der Waals surface area contributed by atoms with Crippen LogP contribution in [0.2, 0.25) is 0 Å². The molecule has 0 aliphatic carbocycles. The first-order chi connectivity index (χ1) is 26.8. The van der Waals surface area contributed by atoms with Crippen molar-refractivity contribution in [3.8, 4) is 11.5 Å². The quantitative estimate of drug-likeness (QED) is 0.0404. The number of amides is 2. The van der Waals surface area contributed by atoms with Gasteiger partial charge in [0.05, 0.1) is 32.3 Å². The molecule has 0 aliphatic rings. The van der Waals surface area contributed by atoms with E-state index in [0.717, 1.165) is 5.56 Å². The van der Waals surface area contributed by atoms with Gasteiger partial charge in [-0.05, 0) is 81.4 Å². The van der Waals surface area contributed by atoms with E-state index in [-0.39, 0.29) is 94.1 Å². The molecule has 5 N–H and O–H groups in total. The molecule has 57 heavy (non-hydrogen) atoms. The number of esters is 1. The molecule has 0 radical (unpaired) electrons. The third-order valence-electron chi connectivity index (χ3n) is 9.68. The summed E-state index contributed by atoms with van der Waals surface area (Å²) in [5, 5.41) is 22.1. The lowest BCUT2D eigenvalue weighted by molar-refractivity contribution is -0.757. The second kappa shape index (κ2) is 26.2. The molecule has 0 aromatic heterocycles. The van der Waals surface area contributed by atoms with Gasteiger partial charge < -0.3 is 45.4 Å². The summed E-state index contributed by atoms with van der Waals surface area (Å²) in [6.07, 6.45) is 0.451. The van der Waals surface area contributed by atoms with E-state index in [1.165, 1.54) is 7.11 Å². The minimum Gasteiger partial charge on any atom is -0.493 e. The van der Waals surface area contributed by atoms with Gasteiger partial charge in [0.1, 0.15) is 11.9 Å². The molecule has 0 saturated heterocycles. The monoisotopic (exact) mass is 813 g/mol. The maximum atomic E-state index is 13.6. The Kier molecular flexibility index (Phi) is 23.1. The van der Waals surface area contributed by atoms with Gasteiger partial charge in [-0.2, -0.15) is 0 Å². The number of hydrogen-bond acceptors (Lipinski definition) is 15. The van der Waals surface area contributed by atoms with Crippen LogP contribution in [0.1, 0.15) is 91.5 Å². The van der Waals surface area contributed by atoms with Crippen molar-refractivity contribution in [2.24, 2.45) is 40.6 Å². The van der Waals surface area contributed by atoms with E-state index in [0.29, 0.717) is 37.6 Å². The summed E-state index contributed by atoms with van der Waals surface area (Å²) in [6.45, 7) is 9.09. The van der Waals surface area contributed by atoms with Crippen LogP contribution in [-0.4, -0.2) is 93.1 Å². The lowest BCUT2D eigenvalue weighted by Crippen LogP contribution is -2.47. The number of nitrogens with one attached hydrogen (secondary N) is 1. The first kappa shape index (κ1) is 50.2. The van der Waals surface area contributed by atoms with E-state index in [2.05, 4.69) is 15.0 Å². The number of ether oxygens (including phenoxy) is 4. The van der Waals surface area contributed by atoms with E-state index in [1.807, 2.05) is 32.9 Å². The van der Waals surface area contributed by atoms with Crippen LogP contribution in [0.3, 0.4) is 0 Å². The summed E-state index contributed by atoms with van der Waals surface area (Å²) < 4.78 is 22.5. The minimum absolute atomic E-state index is 0.000115. The fraction of sp³-hybridized carbons (Fsp3) is 0.737. The minimum atomic E-state index is -1.03. The number of ketones is 1. The lowest BCUT2D eigenvalue weighted by atomic mass is 9.78. The van der Waals surface area contributed by atoms with Crippen molar-refractivity contribution in [1.82, 2.24) is 5.32 Å². The number of hydrogen-bond donors (Lipinski definition) is 3. The van der Waals surface area contributed by atoms with Gasteiger partial charge in [0.25, 0.3) is 10.2 Å². The van der Waals surface area contributed by atoms with Gasteiger partial charge in [0.2, 0.25) is 11.8 Å². The number of methoxy groups -OCH3 is 2. The second-order valence-corrected chi connectivity index (χ2v) is 15.2. The van der Waals surface area contributed by atoms with E-state index < -0.39 is 45.5 Å². The fourth-order valence-corrected chi connectivity index (χ4v) is 6.06. The Balaban J connectivity index is 3.48. The highest BCUT2D eigenvalue weighted by molar-refractivity contribution is 5.83. The Morgan fingerprint density at radius 3 is 2.07 bits per heavy atom. The molecule has 1 aromatic carbocycles. The summed E-state index contributed by atoms with van der Waals surface area (Å²) in [5.74, 6) is -2.29. The maximum Gasteiger partial charge on any atom is 0.306 e. The molecule has 0 aliphatic heterocycles. The third-order valence-corrected chi connectivity index (χ3v) is 9.68. The van der Waals surface area contributed by atoms with Gasteiger partial charge in [-0.1, -0.05) is 26.8 Å². The van der Waals surface area contributed by atoms with Gasteiger partial charge in [-0.3, -0.25) is 19.2 Å². The van der Waals surface area contributed by atoms with E-state index in [1.54, 1.807) is 27.0 Å². The molecule has 5 atom stereocenters. The topological polar surface area (TPSA) is 274 Å². The summed E-state index contributed by atoms with van der Waals surface area (Å²) in [6, 6.07) is 4.66. The molecule has 1 aromatic rings. The lowest BCUT2D eigenvalue weighted by Gasteiger charge is -2.33. The van der Waals surface area contributed by atoms with Crippen LogP contribution in [0.15, 0.2) is 18.2 Å². The molecule has 2 amide bonds. The van der Waals surface area contributed by atoms with E-state index >= 15 is 0 Å². The average Bonchev–Trinajstić information content (AvgIpc) is 3.13. The van der Waals surface area contributed by atoms with Gasteiger partial charge in [-0.25, -0.2) is 0 Å². The molecule has 19 nitrogen and oxygen atoms in total. The smallest absolute Gasteiger partial charge is 0.306 e. The van der Waals surface area contributed by atoms with Crippen molar-refractivity contribution in [3.63, 3.8) is 0 Å². The molecule has 19 heteroatoms. The Hall–Kier alpha value is -4.78. The number of nitrogens with zero attached hydrogens (tertiary/aromatic N) is 2. The van der Waals surface area contributed by atoms with Crippen molar-refractivity contribution in [1.29, 1.82) is 0 Å². The predicted octanol–water partition coefficient (Wildman–Crippen LogP) is 3.76. The zero-order chi connectivity index (χ0) is 43.1. The van der Waals surface area contributed by atoms with Crippen LogP contribution >= 0.6 is 0 Å². The summed E-state index contributed by atoms with van der Waals surface area (Å²) in [5.41, 5.74) is 12.2. The number of nitrogens with two attached hydrogens (primary N) is 2. The molecule has 0 bridgehead atoms. The zero-order valence-electron chi connectivity index (χ0n) is 34.4. The summed E-state index contributed by atoms with van der Waals surface area (Å²) in [4.78, 5) is 81.5. The van der Waals surface area contributed by atoms with Gasteiger partial charge in [0.15, 0.2) is 11.5 Å². The molecule has 0 spiro atoms. The third kappa shape index (κ3) is 20.3. The molecule has 324 valence electrons. The average molecular weight is 814 g/mol. The highest BCUT2D eigenvalue weighted by Gasteiger charge is 2.35. The fourth-order valence-electron chi connectivity index (χ4n) is 6.06. The Labute approximate surface area is 334 Å². The normalized spacial score (nSPS) is 14.1. The Morgan fingerprint density at radius 2 is 1.51 bits per heavy atom. The van der Waals surface area contributed by atoms with Crippen LogP contribution in [-0.2, 0) is 44.7 Å². The molecule has 1 rings (SSSR count). The van der Waals surface area contributed by atoms with Crippen LogP contribution in [0, 0.1) is 49.3 Å². The Morgan fingerprint density at radius 1 is 0.877 bits per heavy atom. The largest absolute Gasteiger partial charge is 0.493 e. The highest BCUT2D eigenvalue weighted by atomic mass is 17.0. The van der Waals surface area contributed by atoms with Crippen molar-refractivity contribution >= 4 is 23.6 Å². The van der Waals surface area contributed by atoms with Crippen LogP contribution in [0.25, 0.3) is 0 Å². The first-order valence-electron chi connectivity index (χ1n) is 19.2. The van der Waals surface area contributed by atoms with Crippen LogP contribution < -0.4 is 26.3 Å². The molecule has 0 heterocycles. The second-order valence-electron chi connectivity index (χ2n) is 15.2. The maximum absolute atomic E-state index is 13.6. The van der Waals surface area contributed by atoms with Gasteiger partial charge in [0, 0.05) is 57.9 Å². The van der Waals surface area contributed by atoms with Crippen molar-refractivity contribution in [2.45, 2.75) is 105 Å². The van der Waals surface area contributed by atoms with E-state index in [4.69, 9.17) is 30.4 Å². The summed E-state index contributed by atoms with van der Waals surface area (Å²) in [7, 11) is 3.13. The first-order valence-corrected chi connectivity index (χ1v) is 19.2. The molecular weight excluding hydrogens is 750 g/mol. The van der Waals surface area contributed by atoms with Crippen molar-refractivity contribution < 1.29 is 58.0 Å². The standard InChI is InChI=1S/C38H63N5O14/c1-25(2)30(36(46)41-24-38(4,5)37(40)47)23-33(57-35(45)12-9-18-56-43(50)51)31(39)22-28(26(3)19-29(44)11-8-17-55-42(48)49)20-27-13-14-32(53-7)34(21-27)54-16-10-15-52-6/h13-14,21,25-26,28,30-31,33H,8-12,15-20,22-24,39H2,1-7H3,(H2,40,47)(H,41,46). The molecule has 0 fully saturated rings. The number of Topliss-reactive ketones (excluding diaryl/α,β-unsaturated/α-hetero) is 1. The van der Waals surface area contributed by atoms with E-state index in [9.17, 15) is 39.4 Å². The number of carbonyl (C=O) groups excluding carboxylic acids is 4. The van der Waals surface area contributed by atoms with Crippen LogP contribution in [0.5, 0.6) is 11.5 Å². The molecule has 0 saturated carbocycles. The Bertz CT molecular complexity index is 1440. The number of primary amides is 1. The van der Waals surface area contributed by atoms with Crippen molar-refractivity contribution in [2.75, 3.05) is 47.2 Å². The SMILES string of the molecule is COCCCOc1cc(CC(CC(N)C(CC(C(=O)NCC(C)(C)C(N)=O)C(C)C)OC(=O)CCCO[N+](=O)[O-])C(C)CC(=O)CCCO[N+](=O)[O-])ccc1OC. The predicted molar refractivity (Wildman–Crippen MR) is 207 cm³/mol. The van der Waals surface area contributed by atoms with Crippen LogP contribution in [0.4, 0.5) is 0 Å². The zero-order valence-corrected chi connectivity index (χ0v) is 34.4. The molecule has 5 unspecified atom stereocenters. The number of benzene rings is 1. The summed E-state index contributed by atoms with van der Waals surface area (Å²) >= 11 is 0. The van der Waals surface area contributed by atoms with Crippen molar-refractivity contribution in [3.05, 3.63) is 44.0 Å². The molecular formula is C38H63N5O14. The number of carbonyl (C=O) groups is 4. The van der Waals surface area contributed by atoms with Gasteiger partial charge >= 0.3 is 5.97 Å². The highest BCUT2D eigenvalue weighted by Crippen LogP contribution is 2.33.